The molecule has 100 valence electrons. The van der Waals surface area contributed by atoms with Gasteiger partial charge in [0.15, 0.2) is 10.2 Å². The van der Waals surface area contributed by atoms with Crippen molar-refractivity contribution < 1.29 is 22.4 Å². The van der Waals surface area contributed by atoms with Gasteiger partial charge in [-0.25, -0.2) is 9.37 Å². The summed E-state index contributed by atoms with van der Waals surface area (Å²) in [6.07, 6.45) is -4.77. The van der Waals surface area contributed by atoms with Gasteiger partial charge in [0.05, 0.1) is 0 Å². The molecule has 0 saturated heterocycles. The van der Waals surface area contributed by atoms with Crippen molar-refractivity contribution >= 4 is 28.7 Å². The Kier molecular flexibility index (Phi) is 3.60. The number of aromatic nitrogens is 1. The summed E-state index contributed by atoms with van der Waals surface area (Å²) in [7, 11) is 0. The molecule has 1 aromatic carbocycles. The average molecular weight is 310 g/mol. The van der Waals surface area contributed by atoms with Crippen LogP contribution >= 0.6 is 22.9 Å². The number of hydrogen-bond donors (Lipinski definition) is 0. The molecule has 0 aliphatic heterocycles. The lowest BCUT2D eigenvalue weighted by atomic mass is 10.1. The van der Waals surface area contributed by atoms with Crippen molar-refractivity contribution in [3.63, 3.8) is 0 Å². The second-order valence-corrected chi connectivity index (χ2v) is 5.06. The minimum atomic E-state index is -4.77. The summed E-state index contributed by atoms with van der Waals surface area (Å²) in [6, 6.07) is 4.18. The lowest BCUT2D eigenvalue weighted by molar-refractivity contribution is -0.141. The van der Waals surface area contributed by atoms with Gasteiger partial charge < -0.3 is 0 Å². The fourth-order valence-corrected chi connectivity index (χ4v) is 2.46. The highest BCUT2D eigenvalue weighted by atomic mass is 35.5. The number of thiazole rings is 1. The molecule has 0 saturated carbocycles. The zero-order chi connectivity index (χ0) is 14.2. The Morgan fingerprint density at radius 3 is 2.32 bits per heavy atom. The Hall–Kier alpha value is -1.47. The van der Waals surface area contributed by atoms with Crippen molar-refractivity contribution in [2.24, 2.45) is 0 Å². The lowest BCUT2D eigenvalue weighted by Gasteiger charge is -2.05. The van der Waals surface area contributed by atoms with Gasteiger partial charge in [0.2, 0.25) is 5.78 Å². The van der Waals surface area contributed by atoms with E-state index in [2.05, 4.69) is 4.98 Å². The van der Waals surface area contributed by atoms with E-state index in [1.807, 2.05) is 0 Å². The second-order valence-electron chi connectivity index (χ2n) is 3.48. The van der Waals surface area contributed by atoms with E-state index in [1.165, 1.54) is 0 Å². The van der Waals surface area contributed by atoms with Gasteiger partial charge in [0.1, 0.15) is 10.7 Å². The fraction of sp³-hybridized carbons (Fsp3) is 0.0909. The standard InChI is InChI=1S/C11H4ClF4NOS/c12-10-17-9(11(14,15)16)8(19-10)7(18)5-1-3-6(13)4-2-5/h1-4H. The van der Waals surface area contributed by atoms with E-state index in [4.69, 9.17) is 11.6 Å². The Labute approximate surface area is 113 Å². The van der Waals surface area contributed by atoms with E-state index in [9.17, 15) is 22.4 Å². The molecule has 2 rings (SSSR count). The van der Waals surface area contributed by atoms with Gasteiger partial charge in [-0.15, -0.1) is 0 Å². The smallest absolute Gasteiger partial charge is 0.288 e. The predicted octanol–water partition coefficient (Wildman–Crippen LogP) is 4.19. The molecule has 0 aliphatic rings. The number of carbonyl (C=O) groups is 1. The summed E-state index contributed by atoms with van der Waals surface area (Å²) in [4.78, 5) is 14.4. The first kappa shape index (κ1) is 14.0. The van der Waals surface area contributed by atoms with Crippen LogP contribution in [0.2, 0.25) is 4.47 Å². The molecule has 19 heavy (non-hydrogen) atoms. The van der Waals surface area contributed by atoms with Crippen LogP contribution in [0.3, 0.4) is 0 Å². The van der Waals surface area contributed by atoms with Gasteiger partial charge in [-0.05, 0) is 24.3 Å². The number of nitrogens with zero attached hydrogens (tertiary/aromatic N) is 1. The van der Waals surface area contributed by atoms with Crippen molar-refractivity contribution in [3.05, 3.63) is 50.7 Å². The van der Waals surface area contributed by atoms with Gasteiger partial charge >= 0.3 is 6.18 Å². The first-order chi connectivity index (χ1) is 8.79. The van der Waals surface area contributed by atoms with Crippen LogP contribution in [-0.4, -0.2) is 10.8 Å². The fourth-order valence-electron chi connectivity index (χ4n) is 1.37. The van der Waals surface area contributed by atoms with Gasteiger partial charge in [-0.2, -0.15) is 13.2 Å². The third-order valence-electron chi connectivity index (χ3n) is 2.18. The van der Waals surface area contributed by atoms with Crippen molar-refractivity contribution in [1.29, 1.82) is 0 Å². The van der Waals surface area contributed by atoms with Gasteiger partial charge in [0.25, 0.3) is 0 Å². The topological polar surface area (TPSA) is 30.0 Å². The molecule has 0 radical (unpaired) electrons. The predicted molar refractivity (Wildman–Crippen MR) is 62.0 cm³/mol. The second kappa shape index (κ2) is 4.90. The number of halogens is 5. The van der Waals surface area contributed by atoms with E-state index in [0.717, 1.165) is 24.3 Å². The molecule has 0 bridgehead atoms. The highest BCUT2D eigenvalue weighted by Crippen LogP contribution is 2.36. The number of hydrogen-bond acceptors (Lipinski definition) is 3. The SMILES string of the molecule is O=C(c1ccc(F)cc1)c1sc(Cl)nc1C(F)(F)F. The van der Waals surface area contributed by atoms with Crippen molar-refractivity contribution in [2.45, 2.75) is 6.18 Å². The molecule has 0 N–H and O–H groups in total. The maximum absolute atomic E-state index is 12.7. The van der Waals surface area contributed by atoms with E-state index in [-0.39, 0.29) is 10.0 Å². The molecule has 8 heteroatoms. The van der Waals surface area contributed by atoms with Gasteiger partial charge in [-0.3, -0.25) is 4.79 Å². The third-order valence-corrected chi connectivity index (χ3v) is 3.34. The summed E-state index contributed by atoms with van der Waals surface area (Å²) in [5.41, 5.74) is -1.39. The Balaban J connectivity index is 2.47. The molecule has 0 fully saturated rings. The molecule has 0 aliphatic carbocycles. The molecule has 2 aromatic rings. The molecule has 1 aromatic heterocycles. The molecule has 0 atom stereocenters. The third kappa shape index (κ3) is 2.93. The first-order valence-corrected chi connectivity index (χ1v) is 6.02. The van der Waals surface area contributed by atoms with Crippen LogP contribution in [0.15, 0.2) is 24.3 Å². The Bertz CT molecular complexity index is 621. The van der Waals surface area contributed by atoms with Crippen molar-refractivity contribution in [3.8, 4) is 0 Å². The van der Waals surface area contributed by atoms with Crippen LogP contribution in [-0.2, 0) is 6.18 Å². The molecule has 0 spiro atoms. The van der Waals surface area contributed by atoms with Crippen molar-refractivity contribution in [1.82, 2.24) is 4.98 Å². The van der Waals surface area contributed by atoms with Crippen LogP contribution in [0.1, 0.15) is 20.9 Å². The number of ketones is 1. The normalized spacial score (nSPS) is 11.6. The minimum absolute atomic E-state index is 0.0628. The molecule has 1 heterocycles. The largest absolute Gasteiger partial charge is 0.434 e. The Morgan fingerprint density at radius 2 is 1.79 bits per heavy atom. The zero-order valence-electron chi connectivity index (χ0n) is 8.96. The first-order valence-electron chi connectivity index (χ1n) is 4.83. The molecule has 0 unspecified atom stereocenters. The zero-order valence-corrected chi connectivity index (χ0v) is 10.5. The number of rotatable bonds is 2. The summed E-state index contributed by atoms with van der Waals surface area (Å²) in [6.45, 7) is 0. The monoisotopic (exact) mass is 309 g/mol. The molecular formula is C11H4ClF4NOS. The summed E-state index contributed by atoms with van der Waals surface area (Å²) in [5, 5.41) is 0. The highest BCUT2D eigenvalue weighted by Gasteiger charge is 2.39. The van der Waals surface area contributed by atoms with Gasteiger partial charge in [-0.1, -0.05) is 22.9 Å². The van der Waals surface area contributed by atoms with Crippen molar-refractivity contribution in [2.75, 3.05) is 0 Å². The van der Waals surface area contributed by atoms with E-state index >= 15 is 0 Å². The van der Waals surface area contributed by atoms with Crippen LogP contribution in [0.25, 0.3) is 0 Å². The number of carbonyl (C=O) groups excluding carboxylic acids is 1. The van der Waals surface area contributed by atoms with Crippen LogP contribution in [0.5, 0.6) is 0 Å². The quantitative estimate of drug-likeness (QED) is 0.615. The van der Waals surface area contributed by atoms with Gasteiger partial charge in [0, 0.05) is 5.56 Å². The maximum atomic E-state index is 12.7. The minimum Gasteiger partial charge on any atom is -0.288 e. The highest BCUT2D eigenvalue weighted by molar-refractivity contribution is 7.17. The summed E-state index contributed by atoms with van der Waals surface area (Å²) in [5.74, 6) is -1.48. The number of benzene rings is 1. The maximum Gasteiger partial charge on any atom is 0.434 e. The molecule has 0 amide bonds. The van der Waals surface area contributed by atoms with Crippen LogP contribution in [0.4, 0.5) is 17.6 Å². The number of alkyl halides is 3. The van der Waals surface area contributed by atoms with E-state index in [1.54, 1.807) is 0 Å². The van der Waals surface area contributed by atoms with E-state index < -0.39 is 28.3 Å². The average Bonchev–Trinajstić information content (AvgIpc) is 2.71. The Morgan fingerprint density at radius 1 is 1.21 bits per heavy atom. The van der Waals surface area contributed by atoms with Crippen LogP contribution < -0.4 is 0 Å². The van der Waals surface area contributed by atoms with Crippen LogP contribution in [0, 0.1) is 5.82 Å². The van der Waals surface area contributed by atoms with E-state index in [0.29, 0.717) is 11.3 Å². The lowest BCUT2D eigenvalue weighted by Crippen LogP contribution is -2.12. The summed E-state index contributed by atoms with van der Waals surface area (Å²) < 4.78 is 50.4. The summed E-state index contributed by atoms with van der Waals surface area (Å²) >= 11 is 5.86. The molecular weight excluding hydrogens is 306 g/mol. The molecule has 2 nitrogen and oxygen atoms in total.